The number of hydrogen-bond acceptors (Lipinski definition) is 5. The van der Waals surface area contributed by atoms with E-state index in [4.69, 9.17) is 11.6 Å². The topological polar surface area (TPSA) is 72.2 Å². The predicted octanol–water partition coefficient (Wildman–Crippen LogP) is 5.84. The predicted molar refractivity (Wildman–Crippen MR) is 139 cm³/mol. The number of nitrogens with one attached hydrogen (secondary N) is 1. The molecule has 0 unspecified atom stereocenters. The molecular formula is C26H24ClN5OS. The quantitative estimate of drug-likeness (QED) is 0.201. The standard InChI is InChI=1S/C26H24ClN5OS/c1-17-8-12-20(13-9-17)25-30-31-26(32(25)21-14-10-18(2)11-15-21)34-16-24(33)29-28-19(3)22-6-4-5-7-23(22)27/h4-15H,16H2,1-3H3,(H,29,33)/b28-19+. The summed E-state index contributed by atoms with van der Waals surface area (Å²) in [4.78, 5) is 12.5. The van der Waals surface area contributed by atoms with Crippen LogP contribution < -0.4 is 5.43 Å². The number of hydrazone groups is 1. The largest absolute Gasteiger partial charge is 0.272 e. The van der Waals surface area contributed by atoms with Gasteiger partial charge in [-0.25, -0.2) is 5.43 Å². The van der Waals surface area contributed by atoms with Crippen LogP contribution in [0.1, 0.15) is 23.6 Å². The number of carbonyl (C=O) groups is 1. The van der Waals surface area contributed by atoms with E-state index in [1.807, 2.05) is 85.1 Å². The molecular weight excluding hydrogens is 466 g/mol. The minimum atomic E-state index is -0.244. The number of carbonyl (C=O) groups excluding carboxylic acids is 1. The second-order valence-electron chi connectivity index (χ2n) is 7.84. The summed E-state index contributed by atoms with van der Waals surface area (Å²) >= 11 is 7.51. The van der Waals surface area contributed by atoms with Gasteiger partial charge in [-0.2, -0.15) is 5.10 Å². The van der Waals surface area contributed by atoms with Gasteiger partial charge in [-0.05, 0) is 39.0 Å². The first-order chi connectivity index (χ1) is 16.4. The van der Waals surface area contributed by atoms with Crippen LogP contribution in [-0.2, 0) is 4.79 Å². The first kappa shape index (κ1) is 23.7. The summed E-state index contributed by atoms with van der Waals surface area (Å²) < 4.78 is 1.97. The molecule has 4 aromatic rings. The molecule has 6 nitrogen and oxygen atoms in total. The Bertz CT molecular complexity index is 1330. The fourth-order valence-corrected chi connectivity index (χ4v) is 4.32. The van der Waals surface area contributed by atoms with E-state index in [0.717, 1.165) is 28.2 Å². The van der Waals surface area contributed by atoms with E-state index in [-0.39, 0.29) is 11.7 Å². The highest BCUT2D eigenvalue weighted by molar-refractivity contribution is 7.99. The van der Waals surface area contributed by atoms with Gasteiger partial charge < -0.3 is 0 Å². The summed E-state index contributed by atoms with van der Waals surface area (Å²) in [6, 6.07) is 23.7. The van der Waals surface area contributed by atoms with Crippen LogP contribution in [0.4, 0.5) is 0 Å². The molecule has 0 aliphatic carbocycles. The van der Waals surface area contributed by atoms with Crippen LogP contribution in [0.2, 0.25) is 5.02 Å². The molecule has 1 aromatic heterocycles. The Morgan fingerprint density at radius 2 is 1.62 bits per heavy atom. The molecule has 8 heteroatoms. The number of nitrogens with zero attached hydrogens (tertiary/aromatic N) is 4. The number of hydrogen-bond donors (Lipinski definition) is 1. The van der Waals surface area contributed by atoms with Crippen LogP contribution in [-0.4, -0.2) is 32.1 Å². The zero-order valence-electron chi connectivity index (χ0n) is 19.1. The number of rotatable bonds is 7. The molecule has 1 N–H and O–H groups in total. The lowest BCUT2D eigenvalue weighted by atomic mass is 10.1. The highest BCUT2D eigenvalue weighted by Crippen LogP contribution is 2.28. The van der Waals surface area contributed by atoms with Crippen molar-refractivity contribution in [2.75, 3.05) is 5.75 Å². The molecule has 34 heavy (non-hydrogen) atoms. The monoisotopic (exact) mass is 489 g/mol. The molecule has 0 aliphatic rings. The van der Waals surface area contributed by atoms with Gasteiger partial charge in [0.2, 0.25) is 0 Å². The maximum absolute atomic E-state index is 12.5. The van der Waals surface area contributed by atoms with E-state index >= 15 is 0 Å². The SMILES string of the molecule is C/C(=N\NC(=O)CSc1nnc(-c2ccc(C)cc2)n1-c1ccc(C)cc1)c1ccccc1Cl. The summed E-state index contributed by atoms with van der Waals surface area (Å²) in [5.41, 5.74) is 8.23. The first-order valence-electron chi connectivity index (χ1n) is 10.7. The normalized spacial score (nSPS) is 11.5. The van der Waals surface area contributed by atoms with Crippen LogP contribution >= 0.6 is 23.4 Å². The molecule has 0 aliphatic heterocycles. The fourth-order valence-electron chi connectivity index (χ4n) is 3.30. The Balaban J connectivity index is 1.54. The molecule has 0 radical (unpaired) electrons. The van der Waals surface area contributed by atoms with E-state index in [0.29, 0.717) is 15.9 Å². The lowest BCUT2D eigenvalue weighted by molar-refractivity contribution is -0.118. The highest BCUT2D eigenvalue weighted by atomic mass is 35.5. The molecule has 1 heterocycles. The number of thioether (sulfide) groups is 1. The Kier molecular flexibility index (Phi) is 7.45. The Morgan fingerprint density at radius 1 is 0.971 bits per heavy atom. The summed E-state index contributed by atoms with van der Waals surface area (Å²) in [6.07, 6.45) is 0. The minimum Gasteiger partial charge on any atom is -0.272 e. The van der Waals surface area contributed by atoms with Crippen molar-refractivity contribution in [2.45, 2.75) is 25.9 Å². The van der Waals surface area contributed by atoms with Crippen LogP contribution in [0.25, 0.3) is 17.1 Å². The molecule has 4 rings (SSSR count). The average Bonchev–Trinajstić information content (AvgIpc) is 3.26. The number of aromatic nitrogens is 3. The third-order valence-corrected chi connectivity index (χ3v) is 6.44. The minimum absolute atomic E-state index is 0.136. The van der Waals surface area contributed by atoms with Crippen molar-refractivity contribution in [3.63, 3.8) is 0 Å². The highest BCUT2D eigenvalue weighted by Gasteiger charge is 2.17. The smallest absolute Gasteiger partial charge is 0.250 e. The Hall–Kier alpha value is -3.42. The van der Waals surface area contributed by atoms with Crippen molar-refractivity contribution in [3.05, 3.63) is 94.5 Å². The summed E-state index contributed by atoms with van der Waals surface area (Å²) in [5, 5.41) is 14.2. The van der Waals surface area contributed by atoms with E-state index in [2.05, 4.69) is 20.7 Å². The van der Waals surface area contributed by atoms with Crippen molar-refractivity contribution in [3.8, 4) is 17.1 Å². The maximum atomic E-state index is 12.5. The second kappa shape index (κ2) is 10.7. The number of halogens is 1. The maximum Gasteiger partial charge on any atom is 0.250 e. The van der Waals surface area contributed by atoms with Gasteiger partial charge in [0, 0.05) is 21.8 Å². The molecule has 0 bridgehead atoms. The van der Waals surface area contributed by atoms with Crippen molar-refractivity contribution in [1.82, 2.24) is 20.2 Å². The van der Waals surface area contributed by atoms with Crippen LogP contribution in [0.15, 0.2) is 83.1 Å². The molecule has 1 amide bonds. The van der Waals surface area contributed by atoms with E-state index in [1.165, 1.54) is 17.3 Å². The van der Waals surface area contributed by atoms with Crippen molar-refractivity contribution in [2.24, 2.45) is 5.10 Å². The van der Waals surface area contributed by atoms with Gasteiger partial charge in [0.15, 0.2) is 11.0 Å². The van der Waals surface area contributed by atoms with Gasteiger partial charge in [0.1, 0.15) is 0 Å². The van der Waals surface area contributed by atoms with Crippen molar-refractivity contribution >= 4 is 35.0 Å². The van der Waals surface area contributed by atoms with Gasteiger partial charge in [-0.1, -0.05) is 89.1 Å². The molecule has 0 saturated heterocycles. The lowest BCUT2D eigenvalue weighted by Crippen LogP contribution is -2.21. The summed E-state index contributed by atoms with van der Waals surface area (Å²) in [6.45, 7) is 5.89. The zero-order valence-corrected chi connectivity index (χ0v) is 20.7. The van der Waals surface area contributed by atoms with E-state index < -0.39 is 0 Å². The van der Waals surface area contributed by atoms with Crippen LogP contribution in [0.3, 0.4) is 0 Å². The van der Waals surface area contributed by atoms with Crippen LogP contribution in [0, 0.1) is 13.8 Å². The van der Waals surface area contributed by atoms with Crippen molar-refractivity contribution < 1.29 is 4.79 Å². The second-order valence-corrected chi connectivity index (χ2v) is 9.19. The van der Waals surface area contributed by atoms with Gasteiger partial charge in [-0.3, -0.25) is 9.36 Å². The average molecular weight is 490 g/mol. The van der Waals surface area contributed by atoms with Crippen molar-refractivity contribution in [1.29, 1.82) is 0 Å². The molecule has 172 valence electrons. The van der Waals surface area contributed by atoms with E-state index in [1.54, 1.807) is 13.0 Å². The molecule has 3 aromatic carbocycles. The van der Waals surface area contributed by atoms with Gasteiger partial charge in [-0.15, -0.1) is 10.2 Å². The Labute approximate surface area is 208 Å². The van der Waals surface area contributed by atoms with E-state index in [9.17, 15) is 4.79 Å². The fraction of sp³-hybridized carbons (Fsp3) is 0.154. The summed E-state index contributed by atoms with van der Waals surface area (Å²) in [5.74, 6) is 0.614. The molecule has 0 spiro atoms. The van der Waals surface area contributed by atoms with Gasteiger partial charge >= 0.3 is 0 Å². The third kappa shape index (κ3) is 5.55. The molecule has 0 fully saturated rings. The van der Waals surface area contributed by atoms with Gasteiger partial charge in [0.25, 0.3) is 5.91 Å². The zero-order chi connectivity index (χ0) is 24.1. The molecule has 0 atom stereocenters. The van der Waals surface area contributed by atoms with Crippen LogP contribution in [0.5, 0.6) is 0 Å². The Morgan fingerprint density at radius 3 is 2.29 bits per heavy atom. The number of amides is 1. The molecule has 0 saturated carbocycles. The first-order valence-corrected chi connectivity index (χ1v) is 12.1. The lowest BCUT2D eigenvalue weighted by Gasteiger charge is -2.11. The number of benzene rings is 3. The van der Waals surface area contributed by atoms with Gasteiger partial charge in [0.05, 0.1) is 11.5 Å². The summed E-state index contributed by atoms with van der Waals surface area (Å²) in [7, 11) is 0. The number of aryl methyl sites for hydroxylation is 2. The third-order valence-electron chi connectivity index (χ3n) is 5.18.